The summed E-state index contributed by atoms with van der Waals surface area (Å²) in [7, 11) is 0. The third-order valence-electron chi connectivity index (χ3n) is 5.88. The minimum Gasteiger partial charge on any atom is -0.454 e. The van der Waals surface area contributed by atoms with Gasteiger partial charge in [0, 0.05) is 32.6 Å². The Bertz CT molecular complexity index is 1100. The first-order valence-corrected chi connectivity index (χ1v) is 10.9. The van der Waals surface area contributed by atoms with Crippen molar-refractivity contribution in [2.45, 2.75) is 45.4 Å². The van der Waals surface area contributed by atoms with Gasteiger partial charge in [-0.1, -0.05) is 30.3 Å². The Labute approximate surface area is 186 Å². The molecule has 3 aromatic rings. The lowest BCUT2D eigenvalue weighted by Gasteiger charge is -2.28. The summed E-state index contributed by atoms with van der Waals surface area (Å²) in [4.78, 5) is 14.6. The molecule has 0 aliphatic carbocycles. The summed E-state index contributed by atoms with van der Waals surface area (Å²) in [5, 5.41) is 15.1. The molecular formula is C23H26N6O3. The largest absolute Gasteiger partial charge is 0.454 e. The maximum Gasteiger partial charge on any atom is 0.231 e. The van der Waals surface area contributed by atoms with Gasteiger partial charge >= 0.3 is 0 Å². The van der Waals surface area contributed by atoms with Crippen LogP contribution in [0, 0.1) is 0 Å². The Morgan fingerprint density at radius 3 is 2.91 bits per heavy atom. The molecule has 0 atom stereocenters. The van der Waals surface area contributed by atoms with E-state index < -0.39 is 0 Å². The fourth-order valence-corrected chi connectivity index (χ4v) is 4.13. The number of carbonyl (C=O) groups is 1. The molecule has 0 unspecified atom stereocenters. The molecule has 1 N–H and O–H groups in total. The molecule has 166 valence electrons. The van der Waals surface area contributed by atoms with Crippen molar-refractivity contribution in [2.75, 3.05) is 13.3 Å². The zero-order valence-corrected chi connectivity index (χ0v) is 17.9. The van der Waals surface area contributed by atoms with E-state index in [-0.39, 0.29) is 12.7 Å². The number of nitrogens with one attached hydrogen (secondary N) is 1. The molecule has 2 aliphatic rings. The number of benzene rings is 2. The maximum atomic E-state index is 12.3. The Hall–Kier alpha value is -3.46. The van der Waals surface area contributed by atoms with E-state index in [4.69, 9.17) is 9.47 Å². The average molecular weight is 435 g/mol. The van der Waals surface area contributed by atoms with Gasteiger partial charge < -0.3 is 14.8 Å². The van der Waals surface area contributed by atoms with Crippen LogP contribution in [0.4, 0.5) is 0 Å². The number of ether oxygens (including phenoxy) is 2. The van der Waals surface area contributed by atoms with Crippen LogP contribution in [0.15, 0.2) is 42.5 Å². The van der Waals surface area contributed by atoms with Gasteiger partial charge in [0.05, 0.1) is 6.54 Å². The van der Waals surface area contributed by atoms with Crippen LogP contribution in [-0.4, -0.2) is 44.4 Å². The highest BCUT2D eigenvalue weighted by Gasteiger charge is 2.18. The molecule has 9 heteroatoms. The monoisotopic (exact) mass is 434 g/mol. The number of aryl methyl sites for hydroxylation is 1. The SMILES string of the molecule is O=C(CCCn1nnnc1CN1CCc2ccccc2C1)NCc1ccc2c(c1)OCO2. The second kappa shape index (κ2) is 9.35. The summed E-state index contributed by atoms with van der Waals surface area (Å²) < 4.78 is 12.5. The lowest BCUT2D eigenvalue weighted by molar-refractivity contribution is -0.121. The molecule has 5 rings (SSSR count). The fraction of sp³-hybridized carbons (Fsp3) is 0.391. The number of amides is 1. The lowest BCUT2D eigenvalue weighted by Crippen LogP contribution is -2.31. The van der Waals surface area contributed by atoms with Gasteiger partial charge in [0.15, 0.2) is 17.3 Å². The van der Waals surface area contributed by atoms with Gasteiger partial charge in [-0.3, -0.25) is 9.69 Å². The minimum atomic E-state index is 0.00456. The summed E-state index contributed by atoms with van der Waals surface area (Å²) in [6.07, 6.45) is 2.13. The van der Waals surface area contributed by atoms with Crippen LogP contribution in [-0.2, 0) is 37.4 Å². The smallest absolute Gasteiger partial charge is 0.231 e. The molecule has 32 heavy (non-hydrogen) atoms. The molecule has 0 bridgehead atoms. The van der Waals surface area contributed by atoms with E-state index >= 15 is 0 Å². The van der Waals surface area contributed by atoms with Crippen LogP contribution in [0.5, 0.6) is 11.5 Å². The van der Waals surface area contributed by atoms with Crippen LogP contribution in [0.3, 0.4) is 0 Å². The zero-order valence-electron chi connectivity index (χ0n) is 17.9. The topological polar surface area (TPSA) is 94.4 Å². The number of hydrogen-bond acceptors (Lipinski definition) is 7. The summed E-state index contributed by atoms with van der Waals surface area (Å²) in [5.74, 6) is 2.31. The van der Waals surface area contributed by atoms with Crippen LogP contribution in [0.1, 0.15) is 35.4 Å². The third kappa shape index (κ3) is 4.72. The molecular weight excluding hydrogens is 408 g/mol. The van der Waals surface area contributed by atoms with Crippen molar-refractivity contribution >= 4 is 5.91 Å². The van der Waals surface area contributed by atoms with Gasteiger partial charge in [0.1, 0.15) is 0 Å². The minimum absolute atomic E-state index is 0.00456. The van der Waals surface area contributed by atoms with Crippen molar-refractivity contribution in [3.05, 3.63) is 65.0 Å². The average Bonchev–Trinajstić information content (AvgIpc) is 3.46. The van der Waals surface area contributed by atoms with Gasteiger partial charge in [-0.05, 0) is 52.1 Å². The fourth-order valence-electron chi connectivity index (χ4n) is 4.13. The number of carbonyl (C=O) groups excluding carboxylic acids is 1. The second-order valence-electron chi connectivity index (χ2n) is 8.12. The standard InChI is InChI=1S/C23H26N6O3/c30-23(24-13-17-7-8-20-21(12-17)32-16-31-20)6-3-10-29-22(25-26-27-29)15-28-11-9-18-4-1-2-5-19(18)14-28/h1-2,4-5,7-8,12H,3,6,9-11,13-16H2,(H,24,30). The van der Waals surface area contributed by atoms with Crippen LogP contribution in [0.2, 0.25) is 0 Å². The highest BCUT2D eigenvalue weighted by Crippen LogP contribution is 2.32. The van der Waals surface area contributed by atoms with Crippen LogP contribution in [0.25, 0.3) is 0 Å². The predicted octanol–water partition coefficient (Wildman–Crippen LogP) is 2.06. The first-order valence-electron chi connectivity index (χ1n) is 10.9. The Morgan fingerprint density at radius 1 is 1.09 bits per heavy atom. The van der Waals surface area contributed by atoms with Crippen molar-refractivity contribution in [3.8, 4) is 11.5 Å². The third-order valence-corrected chi connectivity index (χ3v) is 5.88. The molecule has 2 aliphatic heterocycles. The summed E-state index contributed by atoms with van der Waals surface area (Å²) >= 11 is 0. The first-order chi connectivity index (χ1) is 15.7. The van der Waals surface area contributed by atoms with Crippen molar-refractivity contribution in [1.29, 1.82) is 0 Å². The van der Waals surface area contributed by atoms with Crippen molar-refractivity contribution in [1.82, 2.24) is 30.4 Å². The van der Waals surface area contributed by atoms with Gasteiger partial charge in [-0.25, -0.2) is 4.68 Å². The van der Waals surface area contributed by atoms with E-state index in [1.54, 1.807) is 0 Å². The number of hydrogen-bond donors (Lipinski definition) is 1. The molecule has 0 fully saturated rings. The first kappa shape index (κ1) is 20.4. The van der Waals surface area contributed by atoms with Gasteiger partial charge in [-0.15, -0.1) is 5.10 Å². The van der Waals surface area contributed by atoms with E-state index in [9.17, 15) is 4.79 Å². The normalized spacial score (nSPS) is 14.9. The highest BCUT2D eigenvalue weighted by atomic mass is 16.7. The van der Waals surface area contributed by atoms with E-state index in [1.807, 2.05) is 22.9 Å². The van der Waals surface area contributed by atoms with Gasteiger partial charge in [0.2, 0.25) is 12.7 Å². The molecule has 2 aromatic carbocycles. The molecule has 0 saturated carbocycles. The quantitative estimate of drug-likeness (QED) is 0.580. The predicted molar refractivity (Wildman–Crippen MR) is 116 cm³/mol. The lowest BCUT2D eigenvalue weighted by atomic mass is 10.00. The number of tetrazole rings is 1. The van der Waals surface area contributed by atoms with Crippen LogP contribution < -0.4 is 14.8 Å². The Morgan fingerprint density at radius 2 is 1.97 bits per heavy atom. The van der Waals surface area contributed by atoms with Gasteiger partial charge in [0.25, 0.3) is 0 Å². The molecule has 0 radical (unpaired) electrons. The van der Waals surface area contributed by atoms with Crippen molar-refractivity contribution in [2.24, 2.45) is 0 Å². The van der Waals surface area contributed by atoms with E-state index in [2.05, 4.69) is 50.0 Å². The van der Waals surface area contributed by atoms with Crippen molar-refractivity contribution in [3.63, 3.8) is 0 Å². The Balaban J connectivity index is 1.07. The zero-order chi connectivity index (χ0) is 21.8. The van der Waals surface area contributed by atoms with Crippen LogP contribution >= 0.6 is 0 Å². The number of aromatic nitrogens is 4. The van der Waals surface area contributed by atoms with E-state index in [1.165, 1.54) is 11.1 Å². The summed E-state index contributed by atoms with van der Waals surface area (Å²) in [6.45, 7) is 3.93. The van der Waals surface area contributed by atoms with E-state index in [0.717, 1.165) is 42.4 Å². The molecule has 1 amide bonds. The molecule has 1 aromatic heterocycles. The second-order valence-corrected chi connectivity index (χ2v) is 8.12. The molecule has 9 nitrogen and oxygen atoms in total. The van der Waals surface area contributed by atoms with Gasteiger partial charge in [-0.2, -0.15) is 0 Å². The summed E-state index contributed by atoms with van der Waals surface area (Å²) in [5.41, 5.74) is 3.78. The van der Waals surface area contributed by atoms with Crippen molar-refractivity contribution < 1.29 is 14.3 Å². The maximum absolute atomic E-state index is 12.3. The molecule has 3 heterocycles. The number of fused-ring (bicyclic) bond motifs is 2. The number of rotatable bonds is 8. The number of nitrogens with zero attached hydrogens (tertiary/aromatic N) is 5. The Kier molecular flexibility index (Phi) is 5.98. The highest BCUT2D eigenvalue weighted by molar-refractivity contribution is 5.75. The molecule has 0 spiro atoms. The van der Waals surface area contributed by atoms with E-state index in [0.29, 0.717) is 32.5 Å². The summed E-state index contributed by atoms with van der Waals surface area (Å²) in [6, 6.07) is 14.3. The molecule has 0 saturated heterocycles.